The maximum atomic E-state index is 13.0. The fourth-order valence-electron chi connectivity index (χ4n) is 3.17. The Morgan fingerprint density at radius 1 is 1.04 bits per heavy atom. The number of hydrogen-bond acceptors (Lipinski definition) is 3. The molecule has 1 heterocycles. The number of aliphatic hydroxyl groups is 1. The van der Waals surface area contributed by atoms with Crippen molar-refractivity contribution in [3.63, 3.8) is 0 Å². The molecule has 1 saturated heterocycles. The third-order valence-electron chi connectivity index (χ3n) is 4.72. The fraction of sp³-hybridized carbons (Fsp3) is 0.350. The number of nitrogens with zero attached hydrogens (tertiary/aromatic N) is 2. The van der Waals surface area contributed by atoms with Crippen LogP contribution in [0.5, 0.6) is 0 Å². The predicted molar refractivity (Wildman–Crippen MR) is 95.8 cm³/mol. The second-order valence-corrected chi connectivity index (χ2v) is 6.66. The molecule has 2 aromatic rings. The molecule has 1 fully saturated rings. The Hall–Kier alpha value is -2.40. The van der Waals surface area contributed by atoms with Crippen molar-refractivity contribution in [2.75, 3.05) is 31.1 Å². The molecule has 25 heavy (non-hydrogen) atoms. The standard InChI is InChI=1S/C20H23FN2O2/c1-20(25,16-5-3-2-4-6-16)15-19(24)23-13-11-22(12-14-23)18-9-7-17(21)8-10-18/h2-10,25H,11-15H2,1H3. The van der Waals surface area contributed by atoms with Gasteiger partial charge < -0.3 is 14.9 Å². The maximum Gasteiger partial charge on any atom is 0.225 e. The van der Waals surface area contributed by atoms with Crippen molar-refractivity contribution >= 4 is 11.6 Å². The summed E-state index contributed by atoms with van der Waals surface area (Å²) in [7, 11) is 0. The summed E-state index contributed by atoms with van der Waals surface area (Å²) in [5.41, 5.74) is 0.532. The molecule has 0 spiro atoms. The van der Waals surface area contributed by atoms with E-state index in [4.69, 9.17) is 0 Å². The van der Waals surface area contributed by atoms with E-state index in [9.17, 15) is 14.3 Å². The van der Waals surface area contributed by atoms with Crippen LogP contribution < -0.4 is 4.90 Å². The van der Waals surface area contributed by atoms with Crippen molar-refractivity contribution in [2.45, 2.75) is 18.9 Å². The summed E-state index contributed by atoms with van der Waals surface area (Å²) in [6.07, 6.45) is 0.0631. The van der Waals surface area contributed by atoms with Crippen LogP contribution in [0.25, 0.3) is 0 Å². The monoisotopic (exact) mass is 342 g/mol. The highest BCUT2D eigenvalue weighted by Crippen LogP contribution is 2.25. The van der Waals surface area contributed by atoms with Gasteiger partial charge in [0, 0.05) is 31.9 Å². The molecule has 1 amide bonds. The molecule has 0 bridgehead atoms. The lowest BCUT2D eigenvalue weighted by Gasteiger charge is -2.37. The summed E-state index contributed by atoms with van der Waals surface area (Å²) < 4.78 is 13.0. The SMILES string of the molecule is CC(O)(CC(=O)N1CCN(c2ccc(F)cc2)CC1)c1ccccc1. The van der Waals surface area contributed by atoms with Crippen LogP contribution in [-0.4, -0.2) is 42.1 Å². The van der Waals surface area contributed by atoms with Gasteiger partial charge in [-0.15, -0.1) is 0 Å². The van der Waals surface area contributed by atoms with Gasteiger partial charge in [0.15, 0.2) is 0 Å². The predicted octanol–water partition coefficient (Wildman–Crippen LogP) is 2.77. The van der Waals surface area contributed by atoms with Crippen molar-refractivity contribution in [2.24, 2.45) is 0 Å². The zero-order valence-corrected chi connectivity index (χ0v) is 14.4. The first-order valence-electron chi connectivity index (χ1n) is 8.52. The molecule has 1 atom stereocenters. The lowest BCUT2D eigenvalue weighted by Crippen LogP contribution is -2.50. The molecular formula is C20H23FN2O2. The summed E-state index contributed by atoms with van der Waals surface area (Å²) in [6.45, 7) is 4.27. The minimum atomic E-state index is -1.17. The smallest absolute Gasteiger partial charge is 0.225 e. The highest BCUT2D eigenvalue weighted by molar-refractivity contribution is 5.78. The molecule has 1 N–H and O–H groups in total. The van der Waals surface area contributed by atoms with E-state index in [-0.39, 0.29) is 18.1 Å². The lowest BCUT2D eigenvalue weighted by molar-refractivity contribution is -0.136. The fourth-order valence-corrected chi connectivity index (χ4v) is 3.17. The number of carbonyl (C=O) groups excluding carboxylic acids is 1. The first-order chi connectivity index (χ1) is 12.0. The van der Waals surface area contributed by atoms with E-state index in [2.05, 4.69) is 4.90 Å². The van der Waals surface area contributed by atoms with Crippen LogP contribution in [-0.2, 0) is 10.4 Å². The molecule has 4 nitrogen and oxygen atoms in total. The molecule has 1 aliphatic heterocycles. The minimum Gasteiger partial charge on any atom is -0.385 e. The molecule has 0 saturated carbocycles. The van der Waals surface area contributed by atoms with Gasteiger partial charge in [-0.2, -0.15) is 0 Å². The zero-order chi connectivity index (χ0) is 17.9. The first kappa shape index (κ1) is 17.4. The summed E-state index contributed by atoms with van der Waals surface area (Å²) in [5, 5.41) is 10.6. The van der Waals surface area contributed by atoms with Crippen LogP contribution in [0.2, 0.25) is 0 Å². The van der Waals surface area contributed by atoms with Crippen molar-refractivity contribution in [3.8, 4) is 0 Å². The molecule has 0 radical (unpaired) electrons. The van der Waals surface area contributed by atoms with Gasteiger partial charge in [0.25, 0.3) is 0 Å². The summed E-state index contributed by atoms with van der Waals surface area (Å²) >= 11 is 0. The molecule has 0 aromatic heterocycles. The van der Waals surface area contributed by atoms with Crippen molar-refractivity contribution in [3.05, 3.63) is 66.0 Å². The number of halogens is 1. The van der Waals surface area contributed by atoms with Crippen LogP contribution in [0.15, 0.2) is 54.6 Å². The van der Waals surface area contributed by atoms with E-state index < -0.39 is 5.60 Å². The van der Waals surface area contributed by atoms with Crippen LogP contribution >= 0.6 is 0 Å². The average molecular weight is 342 g/mol. The molecule has 2 aromatic carbocycles. The van der Waals surface area contributed by atoms with E-state index in [1.54, 1.807) is 24.0 Å². The number of hydrogen-bond donors (Lipinski definition) is 1. The van der Waals surface area contributed by atoms with Crippen LogP contribution in [0.1, 0.15) is 18.9 Å². The van der Waals surface area contributed by atoms with E-state index in [1.807, 2.05) is 30.3 Å². The first-order valence-corrected chi connectivity index (χ1v) is 8.52. The normalized spacial score (nSPS) is 17.2. The van der Waals surface area contributed by atoms with Gasteiger partial charge in [0.2, 0.25) is 5.91 Å². The molecule has 5 heteroatoms. The van der Waals surface area contributed by atoms with Gasteiger partial charge in [-0.1, -0.05) is 30.3 Å². The lowest BCUT2D eigenvalue weighted by atomic mass is 9.92. The molecule has 3 rings (SSSR count). The highest BCUT2D eigenvalue weighted by atomic mass is 19.1. The average Bonchev–Trinajstić information content (AvgIpc) is 2.63. The van der Waals surface area contributed by atoms with Gasteiger partial charge in [0.1, 0.15) is 5.82 Å². The largest absolute Gasteiger partial charge is 0.385 e. The molecule has 1 aliphatic rings. The number of carbonyl (C=O) groups is 1. The second kappa shape index (κ2) is 7.23. The van der Waals surface area contributed by atoms with E-state index in [0.29, 0.717) is 26.2 Å². The van der Waals surface area contributed by atoms with Gasteiger partial charge in [-0.25, -0.2) is 4.39 Å². The highest BCUT2D eigenvalue weighted by Gasteiger charge is 2.30. The third kappa shape index (κ3) is 4.17. The number of rotatable bonds is 4. The topological polar surface area (TPSA) is 43.8 Å². The quantitative estimate of drug-likeness (QED) is 0.929. The van der Waals surface area contributed by atoms with Crippen LogP contribution in [0, 0.1) is 5.82 Å². The molecule has 132 valence electrons. The Kier molecular flexibility index (Phi) is 5.04. The Labute approximate surface area is 147 Å². The zero-order valence-electron chi connectivity index (χ0n) is 14.4. The molecular weight excluding hydrogens is 319 g/mol. The Bertz CT molecular complexity index is 708. The summed E-state index contributed by atoms with van der Waals surface area (Å²) in [6, 6.07) is 15.7. The molecule has 1 unspecified atom stereocenters. The Morgan fingerprint density at radius 3 is 2.24 bits per heavy atom. The number of anilines is 1. The van der Waals surface area contributed by atoms with Gasteiger partial charge in [0.05, 0.1) is 12.0 Å². The van der Waals surface area contributed by atoms with Gasteiger partial charge in [-0.3, -0.25) is 4.79 Å². The number of amides is 1. The Balaban J connectivity index is 1.57. The van der Waals surface area contributed by atoms with Crippen molar-refractivity contribution < 1.29 is 14.3 Å². The number of benzene rings is 2. The second-order valence-electron chi connectivity index (χ2n) is 6.66. The van der Waals surface area contributed by atoms with E-state index in [1.165, 1.54) is 12.1 Å². The van der Waals surface area contributed by atoms with Crippen LogP contribution in [0.4, 0.5) is 10.1 Å². The maximum absolute atomic E-state index is 13.0. The minimum absolute atomic E-state index is 0.0485. The van der Waals surface area contributed by atoms with E-state index >= 15 is 0 Å². The van der Waals surface area contributed by atoms with Crippen LogP contribution in [0.3, 0.4) is 0 Å². The third-order valence-corrected chi connectivity index (χ3v) is 4.72. The summed E-state index contributed by atoms with van der Waals surface area (Å²) in [4.78, 5) is 16.5. The van der Waals surface area contributed by atoms with Gasteiger partial charge >= 0.3 is 0 Å². The van der Waals surface area contributed by atoms with Crippen molar-refractivity contribution in [1.29, 1.82) is 0 Å². The Morgan fingerprint density at radius 2 is 1.64 bits per heavy atom. The molecule has 0 aliphatic carbocycles. The van der Waals surface area contributed by atoms with Gasteiger partial charge in [-0.05, 0) is 36.8 Å². The van der Waals surface area contributed by atoms with E-state index in [0.717, 1.165) is 11.3 Å². The van der Waals surface area contributed by atoms with Crippen molar-refractivity contribution in [1.82, 2.24) is 4.90 Å². The number of piperazine rings is 1. The summed E-state index contributed by atoms with van der Waals surface area (Å²) in [5.74, 6) is -0.298.